The van der Waals surface area contributed by atoms with Crippen LogP contribution < -0.4 is 11.1 Å². The summed E-state index contributed by atoms with van der Waals surface area (Å²) >= 11 is 23.2. The topological polar surface area (TPSA) is 279 Å². The van der Waals surface area contributed by atoms with Gasteiger partial charge < -0.3 is 11.1 Å². The van der Waals surface area contributed by atoms with Crippen LogP contribution in [0.1, 0.15) is 45.3 Å². The summed E-state index contributed by atoms with van der Waals surface area (Å²) < 4.78 is 51.1. The number of halogens is 7. The summed E-state index contributed by atoms with van der Waals surface area (Å²) in [7, 11) is 4.34. The standard InChI is InChI=1S/C18H13F3N6.C11H8ClN5.C8H9N3.C7H6BrN3.C7H7N3.C7H9N.C4H2Cl2N2.BHNS/c1-11-16(27-8-2-7-23-17(27)24-11)14-9-22-10-15(26-14)25-13-5-3-12(4-6-13)18(19,20)21;1-7-10(8-5-13-6-9(12)16-8)17-4-2-3-14-11(17)15-7;1-6-7(2)11-5-3-4-9-8(11)10-6;1-5-6(8)11-4-2-3-9-7(11)10-5;1-6-5-10-4-2-3-8-7(10)9-6;1-6-2-4-7(8)5-3-6;5-3-1-7-2-4(6)8-3;1-2-3/h2-10H,1H3,(H,25,26);2-6H,1H3;3-5H,1-2H3;2-4H,1H3;2-5H,1H3;2-5H,8H2,1H3;1-2H;3H. The number of thiol groups is 1. The first-order valence-corrected chi connectivity index (χ1v) is 30.2. The number of alkyl halides is 3. The number of fused-ring (bicyclic) bond motifs is 5. The molecule has 1 radical (unpaired) electrons. The molecule has 0 aliphatic heterocycles. The fourth-order valence-electron chi connectivity index (χ4n) is 8.42. The zero-order chi connectivity index (χ0) is 68.2. The van der Waals surface area contributed by atoms with Gasteiger partial charge in [0, 0.05) is 85.2 Å². The molecule has 13 heterocycles. The van der Waals surface area contributed by atoms with Crippen LogP contribution in [0.25, 0.3) is 51.7 Å². The van der Waals surface area contributed by atoms with Crippen LogP contribution in [0.15, 0.2) is 193 Å². The first-order valence-electron chi connectivity index (χ1n) is 27.9. The van der Waals surface area contributed by atoms with Crippen LogP contribution in [0.5, 0.6) is 0 Å². The Kier molecular flexibility index (Phi) is 24.9. The van der Waals surface area contributed by atoms with Gasteiger partial charge in [-0.15, -0.1) is 0 Å². The van der Waals surface area contributed by atoms with Gasteiger partial charge in [-0.3, -0.25) is 37.0 Å². The predicted octanol–water partition coefficient (Wildman–Crippen LogP) is 14.1. The maximum absolute atomic E-state index is 12.7. The molecule has 13 aromatic heterocycles. The monoisotopic (exact) mass is 1420 g/mol. The van der Waals surface area contributed by atoms with E-state index in [0.29, 0.717) is 49.9 Å². The number of anilines is 3. The number of hydrogen-bond acceptors (Lipinski definition) is 20. The fraction of sp³-hybridized carbons (Fsp3) is 0.129. The molecule has 0 aliphatic rings. The van der Waals surface area contributed by atoms with E-state index in [1.165, 1.54) is 42.5 Å². The Labute approximate surface area is 571 Å². The molecule has 0 saturated heterocycles. The van der Waals surface area contributed by atoms with Crippen molar-refractivity contribution in [3.8, 4) is 22.8 Å². The van der Waals surface area contributed by atoms with Crippen LogP contribution >= 0.6 is 63.5 Å². The van der Waals surface area contributed by atoms with Crippen molar-refractivity contribution in [2.75, 3.05) is 11.1 Å². The summed E-state index contributed by atoms with van der Waals surface area (Å²) in [6.45, 7) is 13.7. The van der Waals surface area contributed by atoms with Gasteiger partial charge in [0.25, 0.3) is 0 Å². The summed E-state index contributed by atoms with van der Waals surface area (Å²) in [6, 6.07) is 21.8. The van der Waals surface area contributed by atoms with Crippen molar-refractivity contribution in [1.29, 1.82) is 0 Å². The van der Waals surface area contributed by atoms with Crippen molar-refractivity contribution in [3.63, 3.8) is 0 Å². The molecule has 0 saturated carbocycles. The minimum atomic E-state index is -4.37. The SMILES string of the molecule is Cc1ccc(N)cc1.Cc1cn2cccnc2n1.Cc1nc2ncccn2c1-c1cncc(Cl)n1.Cc1nc2ncccn2c1-c1cncc(Nc2ccc(C(F)(F)F)cc2)n1.Cc1nc2ncccn2c1Br.Cc1nc2ncccn2c1C.Clc1cncc(Cl)n1.[B]=NS. The van der Waals surface area contributed by atoms with Crippen LogP contribution in [-0.4, -0.2) is 109 Å². The van der Waals surface area contributed by atoms with Crippen LogP contribution in [-0.2, 0) is 6.18 Å². The zero-order valence-electron chi connectivity index (χ0n) is 51.4. The first kappa shape index (κ1) is 70.6. The molecule has 3 N–H and O–H groups in total. The molecule has 0 atom stereocenters. The number of hydrogen-bond donors (Lipinski definition) is 3. The first-order chi connectivity index (χ1) is 45.6. The van der Waals surface area contributed by atoms with E-state index in [1.807, 2.05) is 152 Å². The molecule has 2 aromatic carbocycles. The van der Waals surface area contributed by atoms with Gasteiger partial charge in [0.2, 0.25) is 28.9 Å². The second kappa shape index (κ2) is 33.5. The van der Waals surface area contributed by atoms with Crippen LogP contribution in [0, 0.1) is 48.5 Å². The van der Waals surface area contributed by atoms with Crippen LogP contribution in [0.3, 0.4) is 0 Å². The Bertz CT molecular complexity index is 4840. The fourth-order valence-corrected chi connectivity index (χ4v) is 9.27. The number of aromatic nitrogens is 21. The van der Waals surface area contributed by atoms with Crippen molar-refractivity contribution in [2.24, 2.45) is 4.30 Å². The summed E-state index contributed by atoms with van der Waals surface area (Å²) in [5, 5.41) is 3.96. The number of nitrogens with one attached hydrogen (secondary N) is 1. The maximum atomic E-state index is 12.7. The number of nitrogen functional groups attached to an aromatic ring is 1. The number of imidazole rings is 5. The van der Waals surface area contributed by atoms with E-state index in [9.17, 15) is 13.2 Å². The van der Waals surface area contributed by atoms with E-state index in [-0.39, 0.29) is 0 Å². The van der Waals surface area contributed by atoms with Crippen molar-refractivity contribution >= 4 is 117 Å². The van der Waals surface area contributed by atoms with E-state index in [1.54, 1.807) is 53.8 Å². The summed E-state index contributed by atoms with van der Waals surface area (Å²) in [6.07, 6.45) is 24.8. The molecule has 0 fully saturated rings. The van der Waals surface area contributed by atoms with Gasteiger partial charge in [0.05, 0.1) is 82.6 Å². The molecule has 0 amide bonds. The number of benzene rings is 2. The Morgan fingerprint density at radius 3 is 1.41 bits per heavy atom. The average molecular weight is 1420 g/mol. The van der Waals surface area contributed by atoms with Gasteiger partial charge in [0.1, 0.15) is 37.3 Å². The average Bonchev–Trinajstić information content (AvgIpc) is 1.68. The molecule has 15 aromatic rings. The number of nitrogens with two attached hydrogens (primary N) is 1. The van der Waals surface area contributed by atoms with Crippen molar-refractivity contribution in [2.45, 2.75) is 54.6 Å². The molecule has 0 spiro atoms. The number of nitrogens with zero attached hydrogens (tertiary/aromatic N) is 22. The molecule has 15 rings (SSSR count). The Balaban J connectivity index is 0.000000148. The van der Waals surface area contributed by atoms with Gasteiger partial charge in [-0.05, 0) is 131 Å². The number of rotatable bonds is 4. The molecule has 481 valence electrons. The molecule has 0 unspecified atom stereocenters. The molecule has 33 heteroatoms. The Morgan fingerprint density at radius 1 is 0.505 bits per heavy atom. The molecule has 0 bridgehead atoms. The minimum absolute atomic E-state index is 0.317. The Hall–Kier alpha value is -10.3. The van der Waals surface area contributed by atoms with Gasteiger partial charge in [0.15, 0.2) is 0 Å². The summed E-state index contributed by atoms with van der Waals surface area (Å²) in [5.41, 5.74) is 15.9. The van der Waals surface area contributed by atoms with E-state index in [4.69, 9.17) is 40.5 Å². The third kappa shape index (κ3) is 19.6. The van der Waals surface area contributed by atoms with E-state index in [2.05, 4.69) is 126 Å². The second-order valence-corrected chi connectivity index (χ2v) is 21.8. The van der Waals surface area contributed by atoms with Crippen molar-refractivity contribution in [1.82, 2.24) is 102 Å². The van der Waals surface area contributed by atoms with Crippen LogP contribution in [0.4, 0.5) is 30.4 Å². The van der Waals surface area contributed by atoms with E-state index >= 15 is 0 Å². The molecule has 95 heavy (non-hydrogen) atoms. The van der Waals surface area contributed by atoms with Crippen molar-refractivity contribution in [3.05, 3.63) is 250 Å². The molecular formula is C62H55BBrCl3F3N24S. The van der Waals surface area contributed by atoms with Crippen LogP contribution in [0.2, 0.25) is 15.5 Å². The van der Waals surface area contributed by atoms with Gasteiger partial charge in [-0.2, -0.15) is 13.2 Å². The van der Waals surface area contributed by atoms with Gasteiger partial charge in [-0.25, -0.2) is 64.8 Å². The third-order valence-electron chi connectivity index (χ3n) is 12.8. The molecule has 24 nitrogen and oxygen atoms in total. The van der Waals surface area contributed by atoms with E-state index in [0.717, 1.165) is 85.3 Å². The van der Waals surface area contributed by atoms with E-state index < -0.39 is 11.7 Å². The molecular weight excluding hydrogens is 1370 g/mol. The van der Waals surface area contributed by atoms with Gasteiger partial charge >= 0.3 is 30.9 Å². The number of aryl methyl sites for hydroxylation is 7. The zero-order valence-corrected chi connectivity index (χ0v) is 56.2. The third-order valence-corrected chi connectivity index (χ3v) is 14.3. The molecule has 0 aliphatic carbocycles. The Morgan fingerprint density at radius 2 is 0.937 bits per heavy atom. The second-order valence-electron chi connectivity index (χ2n) is 19.6. The quantitative estimate of drug-likeness (QED) is 0.0838. The van der Waals surface area contributed by atoms with Crippen molar-refractivity contribution < 1.29 is 13.2 Å². The normalized spacial score (nSPS) is 10.5. The van der Waals surface area contributed by atoms with Gasteiger partial charge in [-0.1, -0.05) is 52.5 Å². The predicted molar refractivity (Wildman–Crippen MR) is 368 cm³/mol. The summed E-state index contributed by atoms with van der Waals surface area (Å²) in [4.78, 5) is 66.3. The summed E-state index contributed by atoms with van der Waals surface area (Å²) in [5.74, 6) is 3.87.